The lowest BCUT2D eigenvalue weighted by atomic mass is 10.0. The molecule has 7 heteroatoms. The molecule has 1 aliphatic carbocycles. The first-order valence-corrected chi connectivity index (χ1v) is 6.68. The van der Waals surface area contributed by atoms with E-state index in [-0.39, 0.29) is 23.3 Å². The maximum atomic E-state index is 10.7. The number of nitriles is 1. The van der Waals surface area contributed by atoms with Crippen molar-refractivity contribution in [2.75, 3.05) is 5.32 Å². The SMILES string of the molecule is N#Cc1cc([N+](=O)[O-])cnc1NC1CCCCCC1N. The van der Waals surface area contributed by atoms with Crippen molar-refractivity contribution in [3.8, 4) is 6.07 Å². The molecule has 1 heterocycles. The van der Waals surface area contributed by atoms with Gasteiger partial charge in [0, 0.05) is 18.2 Å². The van der Waals surface area contributed by atoms with Gasteiger partial charge in [0.25, 0.3) is 5.69 Å². The lowest BCUT2D eigenvalue weighted by Gasteiger charge is -2.23. The van der Waals surface area contributed by atoms with Crippen LogP contribution < -0.4 is 11.1 Å². The van der Waals surface area contributed by atoms with E-state index < -0.39 is 4.92 Å². The van der Waals surface area contributed by atoms with Gasteiger partial charge in [0.05, 0.1) is 4.92 Å². The van der Waals surface area contributed by atoms with Crippen molar-refractivity contribution in [3.05, 3.63) is 27.9 Å². The molecule has 1 fully saturated rings. The second-order valence-electron chi connectivity index (χ2n) is 5.01. The van der Waals surface area contributed by atoms with E-state index in [0.717, 1.165) is 38.3 Å². The number of rotatable bonds is 3. The number of aromatic nitrogens is 1. The topological polar surface area (TPSA) is 118 Å². The van der Waals surface area contributed by atoms with Gasteiger partial charge in [0.15, 0.2) is 0 Å². The average Bonchev–Trinajstić information content (AvgIpc) is 2.64. The molecule has 1 aromatic heterocycles. The Morgan fingerprint density at radius 3 is 2.90 bits per heavy atom. The van der Waals surface area contributed by atoms with Gasteiger partial charge in [-0.25, -0.2) is 4.98 Å². The molecule has 106 valence electrons. The minimum atomic E-state index is -0.561. The summed E-state index contributed by atoms with van der Waals surface area (Å²) in [6.45, 7) is 0. The summed E-state index contributed by atoms with van der Waals surface area (Å²) in [6, 6.07) is 3.24. The monoisotopic (exact) mass is 275 g/mol. The Morgan fingerprint density at radius 2 is 2.20 bits per heavy atom. The molecule has 3 N–H and O–H groups in total. The quantitative estimate of drug-likeness (QED) is 0.494. The lowest BCUT2D eigenvalue weighted by molar-refractivity contribution is -0.385. The van der Waals surface area contributed by atoms with Crippen LogP contribution in [0.1, 0.15) is 37.7 Å². The van der Waals surface area contributed by atoms with E-state index in [4.69, 9.17) is 11.0 Å². The highest BCUT2D eigenvalue weighted by molar-refractivity contribution is 5.56. The molecule has 1 saturated carbocycles. The highest BCUT2D eigenvalue weighted by Gasteiger charge is 2.22. The van der Waals surface area contributed by atoms with Crippen LogP contribution in [-0.2, 0) is 0 Å². The number of nitrogens with one attached hydrogen (secondary N) is 1. The molecule has 7 nitrogen and oxygen atoms in total. The van der Waals surface area contributed by atoms with E-state index in [1.807, 2.05) is 6.07 Å². The molecular formula is C13H17N5O2. The molecule has 20 heavy (non-hydrogen) atoms. The lowest BCUT2D eigenvalue weighted by Crippen LogP contribution is -2.39. The molecule has 2 rings (SSSR count). The first-order valence-electron chi connectivity index (χ1n) is 6.68. The number of nitrogens with zero attached hydrogens (tertiary/aromatic N) is 3. The van der Waals surface area contributed by atoms with Crippen molar-refractivity contribution in [1.29, 1.82) is 5.26 Å². The van der Waals surface area contributed by atoms with Crippen molar-refractivity contribution in [1.82, 2.24) is 4.98 Å². The number of nitrogens with two attached hydrogens (primary N) is 1. The van der Waals surface area contributed by atoms with Gasteiger partial charge in [-0.2, -0.15) is 5.26 Å². The molecular weight excluding hydrogens is 258 g/mol. The smallest absolute Gasteiger partial charge is 0.289 e. The molecule has 1 aliphatic rings. The number of anilines is 1. The van der Waals surface area contributed by atoms with Gasteiger partial charge in [-0.05, 0) is 12.8 Å². The number of pyridine rings is 1. The van der Waals surface area contributed by atoms with Gasteiger partial charge < -0.3 is 11.1 Å². The zero-order valence-electron chi connectivity index (χ0n) is 11.1. The van der Waals surface area contributed by atoms with Crippen molar-refractivity contribution in [2.45, 2.75) is 44.2 Å². The molecule has 0 bridgehead atoms. The second kappa shape index (κ2) is 6.30. The number of hydrogen-bond acceptors (Lipinski definition) is 6. The van der Waals surface area contributed by atoms with Crippen LogP contribution in [0.2, 0.25) is 0 Å². The number of hydrogen-bond donors (Lipinski definition) is 2. The van der Waals surface area contributed by atoms with Crippen LogP contribution in [0.25, 0.3) is 0 Å². The molecule has 0 spiro atoms. The Kier molecular flexibility index (Phi) is 4.48. The fourth-order valence-corrected chi connectivity index (χ4v) is 2.44. The first kappa shape index (κ1) is 14.2. The van der Waals surface area contributed by atoms with Gasteiger partial charge >= 0.3 is 0 Å². The summed E-state index contributed by atoms with van der Waals surface area (Å²) < 4.78 is 0. The highest BCUT2D eigenvalue weighted by atomic mass is 16.6. The summed E-state index contributed by atoms with van der Waals surface area (Å²) in [7, 11) is 0. The van der Waals surface area contributed by atoms with Gasteiger partial charge in [-0.1, -0.05) is 19.3 Å². The van der Waals surface area contributed by atoms with Gasteiger partial charge in [-0.15, -0.1) is 0 Å². The van der Waals surface area contributed by atoms with Gasteiger partial charge in [0.1, 0.15) is 23.6 Å². The minimum Gasteiger partial charge on any atom is -0.365 e. The standard InChI is InChI=1S/C13H17N5O2/c14-7-9-6-10(18(19)20)8-16-13(9)17-12-5-3-1-2-4-11(12)15/h6,8,11-12H,1-5,15H2,(H,16,17). The Balaban J connectivity index is 2.20. The summed E-state index contributed by atoms with van der Waals surface area (Å²) in [4.78, 5) is 14.1. The van der Waals surface area contributed by atoms with E-state index in [9.17, 15) is 10.1 Å². The van der Waals surface area contributed by atoms with Gasteiger partial charge in [0.2, 0.25) is 0 Å². The van der Waals surface area contributed by atoms with E-state index in [1.165, 1.54) is 6.07 Å². The predicted octanol–water partition coefficient (Wildman–Crippen LogP) is 1.93. The van der Waals surface area contributed by atoms with E-state index in [0.29, 0.717) is 5.82 Å². The Labute approximate surface area is 117 Å². The zero-order chi connectivity index (χ0) is 14.5. The third-order valence-corrected chi connectivity index (χ3v) is 3.60. The Hall–Kier alpha value is -2.20. The van der Waals surface area contributed by atoms with Crippen molar-refractivity contribution < 1.29 is 4.92 Å². The van der Waals surface area contributed by atoms with Crippen LogP contribution in [-0.4, -0.2) is 22.0 Å². The summed E-state index contributed by atoms with van der Waals surface area (Å²) in [5.74, 6) is 0.375. The number of nitro groups is 1. The Morgan fingerprint density at radius 1 is 1.45 bits per heavy atom. The van der Waals surface area contributed by atoms with Crippen LogP contribution in [0, 0.1) is 21.4 Å². The molecule has 0 radical (unpaired) electrons. The van der Waals surface area contributed by atoms with Crippen LogP contribution in [0.5, 0.6) is 0 Å². The maximum absolute atomic E-state index is 10.7. The third-order valence-electron chi connectivity index (χ3n) is 3.60. The fraction of sp³-hybridized carbons (Fsp3) is 0.538. The largest absolute Gasteiger partial charge is 0.365 e. The second-order valence-corrected chi connectivity index (χ2v) is 5.01. The maximum Gasteiger partial charge on any atom is 0.289 e. The van der Waals surface area contributed by atoms with Crippen molar-refractivity contribution in [3.63, 3.8) is 0 Å². The fourth-order valence-electron chi connectivity index (χ4n) is 2.44. The summed E-state index contributed by atoms with van der Waals surface area (Å²) in [5, 5.41) is 23.0. The summed E-state index contributed by atoms with van der Waals surface area (Å²) in [6.07, 6.45) is 6.37. The normalized spacial score (nSPS) is 22.6. The molecule has 1 aromatic rings. The van der Waals surface area contributed by atoms with E-state index in [2.05, 4.69) is 10.3 Å². The van der Waals surface area contributed by atoms with Crippen LogP contribution >= 0.6 is 0 Å². The zero-order valence-corrected chi connectivity index (χ0v) is 11.1. The third kappa shape index (κ3) is 3.22. The van der Waals surface area contributed by atoms with Crippen LogP contribution in [0.3, 0.4) is 0 Å². The Bertz CT molecular complexity index is 540. The van der Waals surface area contributed by atoms with E-state index >= 15 is 0 Å². The molecule has 2 unspecified atom stereocenters. The van der Waals surface area contributed by atoms with Crippen LogP contribution in [0.15, 0.2) is 12.3 Å². The van der Waals surface area contributed by atoms with Gasteiger partial charge in [-0.3, -0.25) is 10.1 Å². The molecule has 0 aliphatic heterocycles. The molecule has 0 amide bonds. The van der Waals surface area contributed by atoms with E-state index in [1.54, 1.807) is 0 Å². The molecule has 0 saturated heterocycles. The minimum absolute atomic E-state index is 0.0148. The first-order chi connectivity index (χ1) is 9.61. The predicted molar refractivity (Wildman–Crippen MR) is 74.1 cm³/mol. The average molecular weight is 275 g/mol. The highest BCUT2D eigenvalue weighted by Crippen LogP contribution is 2.23. The summed E-state index contributed by atoms with van der Waals surface area (Å²) >= 11 is 0. The molecule has 0 aromatic carbocycles. The molecule has 2 atom stereocenters. The van der Waals surface area contributed by atoms with Crippen molar-refractivity contribution in [2.24, 2.45) is 5.73 Å². The van der Waals surface area contributed by atoms with Crippen LogP contribution in [0.4, 0.5) is 11.5 Å². The van der Waals surface area contributed by atoms with Crippen molar-refractivity contribution >= 4 is 11.5 Å². The summed E-state index contributed by atoms with van der Waals surface area (Å²) in [5.41, 5.74) is 6.11.